The fourth-order valence-corrected chi connectivity index (χ4v) is 3.31. The molecule has 4 aromatic rings. The number of nitrogens with zero attached hydrogens (tertiary/aromatic N) is 1. The minimum Gasteiger partial charge on any atom is -0.342 e. The van der Waals surface area contributed by atoms with E-state index in [-0.39, 0.29) is 5.78 Å². The van der Waals surface area contributed by atoms with Gasteiger partial charge in [0.05, 0.1) is 0 Å². The van der Waals surface area contributed by atoms with Crippen molar-refractivity contribution in [3.8, 4) is 0 Å². The van der Waals surface area contributed by atoms with Crippen molar-refractivity contribution >= 4 is 34.4 Å². The van der Waals surface area contributed by atoms with Gasteiger partial charge < -0.3 is 4.57 Å². The van der Waals surface area contributed by atoms with Crippen LogP contribution >= 0.6 is 11.6 Å². The van der Waals surface area contributed by atoms with E-state index < -0.39 is 0 Å². The highest BCUT2D eigenvalue weighted by Gasteiger charge is 2.13. The third-order valence-corrected chi connectivity index (χ3v) is 4.80. The molecule has 1 heterocycles. The number of para-hydroxylation sites is 1. The zero-order valence-electron chi connectivity index (χ0n) is 14.7. The van der Waals surface area contributed by atoms with Crippen molar-refractivity contribution in [3.63, 3.8) is 0 Å². The minimum absolute atomic E-state index is 0.00455. The van der Waals surface area contributed by atoms with Crippen LogP contribution in [-0.4, -0.2) is 10.4 Å². The summed E-state index contributed by atoms with van der Waals surface area (Å²) in [6.45, 7) is 0.688. The second kappa shape index (κ2) is 7.65. The number of carbonyl (C=O) groups excluding carboxylic acids is 1. The van der Waals surface area contributed by atoms with Gasteiger partial charge in [0, 0.05) is 34.2 Å². The molecule has 0 N–H and O–H groups in total. The van der Waals surface area contributed by atoms with Crippen molar-refractivity contribution in [3.05, 3.63) is 113 Å². The van der Waals surface area contributed by atoms with E-state index in [2.05, 4.69) is 4.57 Å². The molecular weight excluding hydrogens is 354 g/mol. The molecule has 27 heavy (non-hydrogen) atoms. The first-order valence-electron chi connectivity index (χ1n) is 8.80. The van der Waals surface area contributed by atoms with Gasteiger partial charge in [0.1, 0.15) is 0 Å². The Morgan fingerprint density at radius 3 is 2.37 bits per heavy atom. The molecule has 132 valence electrons. The molecule has 0 atom stereocenters. The molecule has 2 nitrogen and oxygen atoms in total. The van der Waals surface area contributed by atoms with E-state index in [1.807, 2.05) is 91.1 Å². The molecule has 3 aromatic carbocycles. The lowest BCUT2D eigenvalue weighted by Gasteiger charge is -2.05. The number of hydrogen-bond donors (Lipinski definition) is 0. The SMILES string of the molecule is O=C(/C=C/c1ccccc1)c1cn(Cc2ccc(Cl)cc2)c2ccccc12. The summed E-state index contributed by atoms with van der Waals surface area (Å²) in [6, 6.07) is 25.6. The Hall–Kier alpha value is -3.10. The Morgan fingerprint density at radius 1 is 0.889 bits per heavy atom. The van der Waals surface area contributed by atoms with E-state index in [1.54, 1.807) is 6.08 Å². The maximum absolute atomic E-state index is 12.8. The Labute approximate surface area is 163 Å². The summed E-state index contributed by atoms with van der Waals surface area (Å²) in [7, 11) is 0. The number of aromatic nitrogens is 1. The van der Waals surface area contributed by atoms with Crippen LogP contribution in [0.2, 0.25) is 5.02 Å². The van der Waals surface area contributed by atoms with Gasteiger partial charge in [-0.2, -0.15) is 0 Å². The van der Waals surface area contributed by atoms with Crippen LogP contribution in [0.4, 0.5) is 0 Å². The molecule has 0 aliphatic heterocycles. The first kappa shape index (κ1) is 17.3. The van der Waals surface area contributed by atoms with Gasteiger partial charge >= 0.3 is 0 Å². The molecule has 0 bridgehead atoms. The third kappa shape index (κ3) is 3.86. The van der Waals surface area contributed by atoms with Crippen LogP contribution in [0.3, 0.4) is 0 Å². The van der Waals surface area contributed by atoms with Gasteiger partial charge in [-0.15, -0.1) is 0 Å². The molecule has 0 radical (unpaired) electrons. The summed E-state index contributed by atoms with van der Waals surface area (Å²) < 4.78 is 2.11. The number of hydrogen-bond acceptors (Lipinski definition) is 1. The largest absolute Gasteiger partial charge is 0.342 e. The van der Waals surface area contributed by atoms with Crippen LogP contribution in [0.5, 0.6) is 0 Å². The number of benzene rings is 3. The van der Waals surface area contributed by atoms with Crippen molar-refractivity contribution in [2.45, 2.75) is 6.54 Å². The normalized spacial score (nSPS) is 11.3. The molecule has 0 aliphatic carbocycles. The lowest BCUT2D eigenvalue weighted by atomic mass is 10.1. The number of halogens is 1. The van der Waals surface area contributed by atoms with Gasteiger partial charge in [0.25, 0.3) is 0 Å². The quantitative estimate of drug-likeness (QED) is 0.300. The fraction of sp³-hybridized carbons (Fsp3) is 0.0417. The summed E-state index contributed by atoms with van der Waals surface area (Å²) >= 11 is 5.98. The first-order chi connectivity index (χ1) is 13.2. The van der Waals surface area contributed by atoms with Crippen molar-refractivity contribution in [1.82, 2.24) is 4.57 Å². The summed E-state index contributed by atoms with van der Waals surface area (Å²) in [6.07, 6.45) is 5.44. The Kier molecular flexibility index (Phi) is 4.91. The average molecular weight is 372 g/mol. The second-order valence-corrected chi connectivity index (χ2v) is 6.86. The predicted molar refractivity (Wildman–Crippen MR) is 112 cm³/mol. The van der Waals surface area contributed by atoms with Gasteiger partial charge in [0.2, 0.25) is 0 Å². The summed E-state index contributed by atoms with van der Waals surface area (Å²) in [4.78, 5) is 12.8. The minimum atomic E-state index is 0.00455. The van der Waals surface area contributed by atoms with E-state index in [4.69, 9.17) is 11.6 Å². The van der Waals surface area contributed by atoms with Gasteiger partial charge in [0.15, 0.2) is 5.78 Å². The zero-order valence-corrected chi connectivity index (χ0v) is 15.4. The molecule has 0 saturated heterocycles. The number of rotatable bonds is 5. The predicted octanol–water partition coefficient (Wildman–Crippen LogP) is 6.24. The highest BCUT2D eigenvalue weighted by molar-refractivity contribution is 6.30. The lowest BCUT2D eigenvalue weighted by molar-refractivity contribution is 0.104. The lowest BCUT2D eigenvalue weighted by Crippen LogP contribution is -1.98. The molecule has 0 amide bonds. The van der Waals surface area contributed by atoms with E-state index in [9.17, 15) is 4.79 Å². The maximum Gasteiger partial charge on any atom is 0.188 e. The van der Waals surface area contributed by atoms with E-state index >= 15 is 0 Å². The third-order valence-electron chi connectivity index (χ3n) is 4.55. The molecular formula is C24H18ClNO. The van der Waals surface area contributed by atoms with Crippen molar-refractivity contribution in [2.75, 3.05) is 0 Å². The van der Waals surface area contributed by atoms with Crippen LogP contribution < -0.4 is 0 Å². The van der Waals surface area contributed by atoms with Crippen molar-refractivity contribution in [1.29, 1.82) is 0 Å². The maximum atomic E-state index is 12.8. The topological polar surface area (TPSA) is 22.0 Å². The molecule has 4 rings (SSSR count). The molecule has 0 unspecified atom stereocenters. The van der Waals surface area contributed by atoms with Crippen LogP contribution in [0.15, 0.2) is 91.1 Å². The summed E-state index contributed by atoms with van der Waals surface area (Å²) in [5.74, 6) is 0.00455. The summed E-state index contributed by atoms with van der Waals surface area (Å²) in [5, 5.41) is 1.69. The van der Waals surface area contributed by atoms with Crippen LogP contribution in [-0.2, 0) is 6.54 Å². The monoisotopic (exact) mass is 371 g/mol. The standard InChI is InChI=1S/C24H18ClNO/c25-20-13-10-19(11-14-20)16-26-17-22(21-8-4-5-9-23(21)26)24(27)15-12-18-6-2-1-3-7-18/h1-15,17H,16H2/b15-12+. The number of fused-ring (bicyclic) bond motifs is 1. The number of allylic oxidation sites excluding steroid dienone is 1. The molecule has 3 heteroatoms. The Balaban J connectivity index is 1.68. The van der Waals surface area contributed by atoms with Crippen molar-refractivity contribution in [2.24, 2.45) is 0 Å². The Morgan fingerprint density at radius 2 is 1.59 bits per heavy atom. The fourth-order valence-electron chi connectivity index (χ4n) is 3.19. The summed E-state index contributed by atoms with van der Waals surface area (Å²) in [5.41, 5.74) is 3.91. The van der Waals surface area contributed by atoms with Crippen LogP contribution in [0.1, 0.15) is 21.5 Å². The molecule has 0 aliphatic rings. The van der Waals surface area contributed by atoms with Gasteiger partial charge in [-0.1, -0.05) is 78.3 Å². The van der Waals surface area contributed by atoms with E-state index in [1.165, 1.54) is 0 Å². The van der Waals surface area contributed by atoms with Gasteiger partial charge in [-0.05, 0) is 35.4 Å². The smallest absolute Gasteiger partial charge is 0.188 e. The van der Waals surface area contributed by atoms with E-state index in [0.29, 0.717) is 12.1 Å². The molecule has 0 fully saturated rings. The van der Waals surface area contributed by atoms with Gasteiger partial charge in [-0.3, -0.25) is 4.79 Å². The average Bonchev–Trinajstić information content (AvgIpc) is 3.07. The molecule has 0 saturated carbocycles. The zero-order chi connectivity index (χ0) is 18.6. The highest BCUT2D eigenvalue weighted by Crippen LogP contribution is 2.24. The van der Waals surface area contributed by atoms with Crippen LogP contribution in [0.25, 0.3) is 17.0 Å². The van der Waals surface area contributed by atoms with Crippen molar-refractivity contribution < 1.29 is 4.79 Å². The highest BCUT2D eigenvalue weighted by atomic mass is 35.5. The Bertz CT molecular complexity index is 1110. The number of ketones is 1. The number of carbonyl (C=O) groups is 1. The van der Waals surface area contributed by atoms with Crippen LogP contribution in [0, 0.1) is 0 Å². The molecule has 1 aromatic heterocycles. The van der Waals surface area contributed by atoms with E-state index in [0.717, 1.165) is 27.1 Å². The molecule has 0 spiro atoms. The second-order valence-electron chi connectivity index (χ2n) is 6.42. The van der Waals surface area contributed by atoms with Gasteiger partial charge in [-0.25, -0.2) is 0 Å². The first-order valence-corrected chi connectivity index (χ1v) is 9.18.